The SMILES string of the molecule is CCOc1cccc2sc(N3CCN(C(=O)Cc4ccc(S(C)(=O)=O)cc4)CC3)nc12. The van der Waals surface area contributed by atoms with Crippen LogP contribution in [0.25, 0.3) is 10.2 Å². The van der Waals surface area contributed by atoms with Crippen LogP contribution in [0.4, 0.5) is 5.13 Å². The summed E-state index contributed by atoms with van der Waals surface area (Å²) >= 11 is 1.64. The molecule has 9 heteroatoms. The number of aromatic nitrogens is 1. The van der Waals surface area contributed by atoms with E-state index in [1.165, 1.54) is 6.26 Å². The van der Waals surface area contributed by atoms with E-state index in [0.717, 1.165) is 39.8 Å². The van der Waals surface area contributed by atoms with Gasteiger partial charge in [0.2, 0.25) is 5.91 Å². The van der Waals surface area contributed by atoms with Gasteiger partial charge < -0.3 is 14.5 Å². The van der Waals surface area contributed by atoms with Crippen LogP contribution in [0.15, 0.2) is 47.4 Å². The van der Waals surface area contributed by atoms with Crippen LogP contribution in [-0.4, -0.2) is 63.3 Å². The van der Waals surface area contributed by atoms with Crippen molar-refractivity contribution in [2.24, 2.45) is 0 Å². The summed E-state index contributed by atoms with van der Waals surface area (Å²) in [7, 11) is -3.23. The Hall–Kier alpha value is -2.65. The second-order valence-electron chi connectivity index (χ2n) is 7.49. The van der Waals surface area contributed by atoms with Crippen LogP contribution in [0.1, 0.15) is 12.5 Å². The molecule has 1 amide bonds. The molecule has 2 heterocycles. The lowest BCUT2D eigenvalue weighted by molar-refractivity contribution is -0.130. The molecule has 2 aromatic carbocycles. The summed E-state index contributed by atoms with van der Waals surface area (Å²) in [6.07, 6.45) is 1.44. The van der Waals surface area contributed by atoms with E-state index in [1.807, 2.05) is 30.0 Å². The van der Waals surface area contributed by atoms with Crippen LogP contribution in [-0.2, 0) is 21.1 Å². The third-order valence-electron chi connectivity index (χ3n) is 5.28. The van der Waals surface area contributed by atoms with Gasteiger partial charge in [0.1, 0.15) is 11.3 Å². The lowest BCUT2D eigenvalue weighted by Gasteiger charge is -2.34. The van der Waals surface area contributed by atoms with E-state index in [-0.39, 0.29) is 17.2 Å². The Morgan fingerprint density at radius 1 is 1.10 bits per heavy atom. The molecule has 0 spiro atoms. The predicted octanol–water partition coefficient (Wildman–Crippen LogP) is 2.99. The van der Waals surface area contributed by atoms with Gasteiger partial charge in [-0.3, -0.25) is 4.79 Å². The standard InChI is InChI=1S/C22H25N3O4S2/c1-3-29-18-5-4-6-19-21(18)23-22(30-19)25-13-11-24(12-14-25)20(26)15-16-7-9-17(10-8-16)31(2,27)28/h4-10H,3,11-15H2,1-2H3. The van der Waals surface area contributed by atoms with Crippen LogP contribution in [0.5, 0.6) is 5.75 Å². The fraction of sp³-hybridized carbons (Fsp3) is 0.364. The molecule has 0 N–H and O–H groups in total. The predicted molar refractivity (Wildman–Crippen MR) is 123 cm³/mol. The van der Waals surface area contributed by atoms with Crippen LogP contribution >= 0.6 is 11.3 Å². The summed E-state index contributed by atoms with van der Waals surface area (Å²) in [5.41, 5.74) is 1.70. The van der Waals surface area contributed by atoms with Crippen molar-refractivity contribution in [3.05, 3.63) is 48.0 Å². The minimum absolute atomic E-state index is 0.0506. The Bertz CT molecular complexity index is 1180. The molecule has 0 saturated carbocycles. The van der Waals surface area contributed by atoms with Crippen molar-refractivity contribution in [3.63, 3.8) is 0 Å². The minimum Gasteiger partial charge on any atom is -0.492 e. The Kier molecular flexibility index (Phi) is 6.15. The lowest BCUT2D eigenvalue weighted by atomic mass is 10.1. The number of sulfone groups is 1. The number of fused-ring (bicyclic) bond motifs is 1. The van der Waals surface area contributed by atoms with Crippen molar-refractivity contribution in [2.75, 3.05) is 43.9 Å². The Balaban J connectivity index is 1.38. The van der Waals surface area contributed by atoms with Crippen LogP contribution in [0.3, 0.4) is 0 Å². The Labute approximate surface area is 186 Å². The van der Waals surface area contributed by atoms with Gasteiger partial charge >= 0.3 is 0 Å². The minimum atomic E-state index is -3.23. The number of amides is 1. The number of nitrogens with zero attached hydrogens (tertiary/aromatic N) is 3. The average molecular weight is 460 g/mol. The fourth-order valence-electron chi connectivity index (χ4n) is 3.61. The molecule has 7 nitrogen and oxygen atoms in total. The topological polar surface area (TPSA) is 79.8 Å². The maximum absolute atomic E-state index is 12.7. The molecule has 0 aliphatic carbocycles. The van der Waals surface area contributed by atoms with E-state index in [0.29, 0.717) is 19.7 Å². The number of rotatable bonds is 6. The van der Waals surface area contributed by atoms with E-state index in [1.54, 1.807) is 35.6 Å². The number of para-hydroxylation sites is 1. The molecule has 1 aliphatic rings. The number of hydrogen-bond donors (Lipinski definition) is 0. The summed E-state index contributed by atoms with van der Waals surface area (Å²) in [4.78, 5) is 21.8. The fourth-order valence-corrected chi connectivity index (χ4v) is 5.27. The van der Waals surface area contributed by atoms with Crippen molar-refractivity contribution in [2.45, 2.75) is 18.2 Å². The van der Waals surface area contributed by atoms with Crippen LogP contribution in [0, 0.1) is 0 Å². The number of thiazole rings is 1. The van der Waals surface area contributed by atoms with Crippen LogP contribution < -0.4 is 9.64 Å². The lowest BCUT2D eigenvalue weighted by Crippen LogP contribution is -2.49. The summed E-state index contributed by atoms with van der Waals surface area (Å²) < 4.78 is 29.9. The second-order valence-corrected chi connectivity index (χ2v) is 10.5. The van der Waals surface area contributed by atoms with E-state index in [9.17, 15) is 13.2 Å². The van der Waals surface area contributed by atoms with Gasteiger partial charge in [0.15, 0.2) is 15.0 Å². The largest absolute Gasteiger partial charge is 0.492 e. The molecular weight excluding hydrogens is 434 g/mol. The van der Waals surface area contributed by atoms with Crippen molar-refractivity contribution < 1.29 is 17.9 Å². The molecule has 1 aliphatic heterocycles. The maximum atomic E-state index is 12.7. The Morgan fingerprint density at radius 2 is 1.81 bits per heavy atom. The number of hydrogen-bond acceptors (Lipinski definition) is 7. The molecular formula is C22H25N3O4S2. The zero-order valence-electron chi connectivity index (χ0n) is 17.6. The summed E-state index contributed by atoms with van der Waals surface area (Å²) in [5, 5.41) is 0.950. The van der Waals surface area contributed by atoms with Gasteiger partial charge in [0, 0.05) is 32.4 Å². The summed E-state index contributed by atoms with van der Waals surface area (Å²) in [6.45, 7) is 5.28. The molecule has 0 bridgehead atoms. The normalized spacial score (nSPS) is 14.8. The molecule has 1 saturated heterocycles. The smallest absolute Gasteiger partial charge is 0.227 e. The van der Waals surface area contributed by atoms with Gasteiger partial charge in [-0.25, -0.2) is 13.4 Å². The quantitative estimate of drug-likeness (QED) is 0.564. The highest BCUT2D eigenvalue weighted by molar-refractivity contribution is 7.90. The van der Waals surface area contributed by atoms with Crippen molar-refractivity contribution in [1.29, 1.82) is 0 Å². The van der Waals surface area contributed by atoms with Crippen LogP contribution in [0.2, 0.25) is 0 Å². The molecule has 0 unspecified atom stereocenters. The number of piperazine rings is 1. The highest BCUT2D eigenvalue weighted by Gasteiger charge is 2.24. The molecule has 3 aromatic rings. The van der Waals surface area contributed by atoms with E-state index in [4.69, 9.17) is 9.72 Å². The third kappa shape index (κ3) is 4.83. The average Bonchev–Trinajstić information content (AvgIpc) is 3.19. The highest BCUT2D eigenvalue weighted by atomic mass is 32.2. The van der Waals surface area contributed by atoms with Gasteiger partial charge in [-0.2, -0.15) is 0 Å². The van der Waals surface area contributed by atoms with Gasteiger partial charge in [-0.15, -0.1) is 0 Å². The monoisotopic (exact) mass is 459 g/mol. The molecule has 4 rings (SSSR count). The Morgan fingerprint density at radius 3 is 2.45 bits per heavy atom. The van der Waals surface area contributed by atoms with E-state index >= 15 is 0 Å². The number of anilines is 1. The number of carbonyl (C=O) groups is 1. The first-order chi connectivity index (χ1) is 14.8. The van der Waals surface area contributed by atoms with Crippen molar-refractivity contribution in [1.82, 2.24) is 9.88 Å². The van der Waals surface area contributed by atoms with Gasteiger partial charge in [-0.05, 0) is 36.8 Å². The molecule has 1 fully saturated rings. The summed E-state index contributed by atoms with van der Waals surface area (Å²) in [5.74, 6) is 0.855. The third-order valence-corrected chi connectivity index (χ3v) is 7.49. The zero-order chi connectivity index (χ0) is 22.0. The van der Waals surface area contributed by atoms with Gasteiger partial charge in [0.25, 0.3) is 0 Å². The van der Waals surface area contributed by atoms with Gasteiger partial charge in [-0.1, -0.05) is 29.5 Å². The highest BCUT2D eigenvalue weighted by Crippen LogP contribution is 2.34. The zero-order valence-corrected chi connectivity index (χ0v) is 19.2. The molecule has 1 aromatic heterocycles. The summed E-state index contributed by atoms with van der Waals surface area (Å²) in [6, 6.07) is 12.5. The molecule has 0 radical (unpaired) electrons. The van der Waals surface area contributed by atoms with E-state index < -0.39 is 9.84 Å². The first-order valence-corrected chi connectivity index (χ1v) is 12.9. The first kappa shape index (κ1) is 21.6. The first-order valence-electron chi connectivity index (χ1n) is 10.2. The second kappa shape index (κ2) is 8.84. The molecule has 164 valence electrons. The molecule has 31 heavy (non-hydrogen) atoms. The molecule has 0 atom stereocenters. The van der Waals surface area contributed by atoms with Crippen molar-refractivity contribution in [3.8, 4) is 5.75 Å². The van der Waals surface area contributed by atoms with Gasteiger partial charge in [0.05, 0.1) is 22.6 Å². The van der Waals surface area contributed by atoms with E-state index in [2.05, 4.69) is 4.90 Å². The number of benzene rings is 2. The van der Waals surface area contributed by atoms with Crippen molar-refractivity contribution >= 4 is 42.4 Å². The number of ether oxygens (including phenoxy) is 1. The number of carbonyl (C=O) groups excluding carboxylic acids is 1. The maximum Gasteiger partial charge on any atom is 0.227 e.